The molecule has 86 valence electrons. The van der Waals surface area contributed by atoms with E-state index in [1.54, 1.807) is 23.9 Å². The summed E-state index contributed by atoms with van der Waals surface area (Å²) in [6, 6.07) is 6.92. The van der Waals surface area contributed by atoms with Gasteiger partial charge in [0.1, 0.15) is 5.82 Å². The number of terminal acetylenes is 1. The molecule has 0 radical (unpaired) electrons. The Balaban J connectivity index is 2.45. The molecule has 0 aliphatic carbocycles. The van der Waals surface area contributed by atoms with Crippen LogP contribution in [0.1, 0.15) is 13.3 Å². The zero-order valence-electron chi connectivity index (χ0n) is 9.37. The van der Waals surface area contributed by atoms with Gasteiger partial charge in [0.05, 0.1) is 0 Å². The van der Waals surface area contributed by atoms with Crippen molar-refractivity contribution in [2.45, 2.75) is 24.3 Å². The highest BCUT2D eigenvalue weighted by Gasteiger charge is 2.06. The second-order valence-corrected chi connectivity index (χ2v) is 4.52. The first-order valence-corrected chi connectivity index (χ1v) is 6.30. The molecule has 1 atom stereocenters. The molecule has 0 bridgehead atoms. The molecule has 16 heavy (non-hydrogen) atoms. The van der Waals surface area contributed by atoms with E-state index in [0.717, 1.165) is 17.2 Å². The third-order valence-corrected chi connectivity index (χ3v) is 3.26. The molecule has 0 heterocycles. The van der Waals surface area contributed by atoms with E-state index in [1.165, 1.54) is 6.07 Å². The highest BCUT2D eigenvalue weighted by Crippen LogP contribution is 2.20. The van der Waals surface area contributed by atoms with Crippen LogP contribution in [0.4, 0.5) is 4.39 Å². The first-order valence-electron chi connectivity index (χ1n) is 5.31. The molecule has 3 heteroatoms. The van der Waals surface area contributed by atoms with Crippen molar-refractivity contribution in [3.8, 4) is 12.3 Å². The summed E-state index contributed by atoms with van der Waals surface area (Å²) in [5.41, 5.74) is 0. The van der Waals surface area contributed by atoms with Crippen molar-refractivity contribution >= 4 is 11.8 Å². The predicted octanol–water partition coefficient (Wildman–Crippen LogP) is 2.92. The van der Waals surface area contributed by atoms with Crippen LogP contribution < -0.4 is 5.32 Å². The summed E-state index contributed by atoms with van der Waals surface area (Å²) in [6.45, 7) is 2.95. The summed E-state index contributed by atoms with van der Waals surface area (Å²) in [5.74, 6) is 3.32. The number of hydrogen-bond acceptors (Lipinski definition) is 2. The van der Waals surface area contributed by atoms with Crippen molar-refractivity contribution < 1.29 is 4.39 Å². The van der Waals surface area contributed by atoms with Crippen LogP contribution in [-0.2, 0) is 0 Å². The van der Waals surface area contributed by atoms with E-state index in [-0.39, 0.29) is 5.82 Å². The van der Waals surface area contributed by atoms with Gasteiger partial charge in [0.15, 0.2) is 0 Å². The lowest BCUT2D eigenvalue weighted by atomic mass is 10.2. The second-order valence-electron chi connectivity index (χ2n) is 3.43. The maximum absolute atomic E-state index is 12.9. The Morgan fingerprint density at radius 3 is 3.00 bits per heavy atom. The molecule has 0 amide bonds. The topological polar surface area (TPSA) is 12.0 Å². The number of rotatable bonds is 6. The summed E-state index contributed by atoms with van der Waals surface area (Å²) in [6.07, 6.45) is 6.00. The minimum Gasteiger partial charge on any atom is -0.312 e. The van der Waals surface area contributed by atoms with Crippen LogP contribution >= 0.6 is 11.8 Å². The summed E-state index contributed by atoms with van der Waals surface area (Å²) in [7, 11) is 0. The fraction of sp³-hybridized carbons (Fsp3) is 0.385. The van der Waals surface area contributed by atoms with E-state index >= 15 is 0 Å². The summed E-state index contributed by atoms with van der Waals surface area (Å²) >= 11 is 1.62. The van der Waals surface area contributed by atoms with Crippen molar-refractivity contribution in [1.29, 1.82) is 0 Å². The molecule has 1 N–H and O–H groups in total. The smallest absolute Gasteiger partial charge is 0.124 e. The molecular weight excluding hydrogens is 221 g/mol. The summed E-state index contributed by atoms with van der Waals surface area (Å²) < 4.78 is 12.9. The predicted molar refractivity (Wildman–Crippen MR) is 68.0 cm³/mol. The molecule has 0 spiro atoms. The highest BCUT2D eigenvalue weighted by molar-refractivity contribution is 7.99. The molecule has 1 aromatic carbocycles. The van der Waals surface area contributed by atoms with Gasteiger partial charge in [-0.25, -0.2) is 4.39 Å². The minimum atomic E-state index is -0.193. The Morgan fingerprint density at radius 2 is 2.38 bits per heavy atom. The van der Waals surface area contributed by atoms with Crippen LogP contribution in [0.25, 0.3) is 0 Å². The number of benzene rings is 1. The number of nitrogens with one attached hydrogen (secondary N) is 1. The van der Waals surface area contributed by atoms with Crippen molar-refractivity contribution in [3.63, 3.8) is 0 Å². The van der Waals surface area contributed by atoms with Crippen LogP contribution in [0.3, 0.4) is 0 Å². The van der Waals surface area contributed by atoms with Crippen molar-refractivity contribution in [3.05, 3.63) is 30.1 Å². The first kappa shape index (κ1) is 13.1. The van der Waals surface area contributed by atoms with Crippen LogP contribution in [0.2, 0.25) is 0 Å². The zero-order chi connectivity index (χ0) is 11.8. The highest BCUT2D eigenvalue weighted by atomic mass is 32.2. The average molecular weight is 237 g/mol. The van der Waals surface area contributed by atoms with E-state index in [2.05, 4.69) is 18.2 Å². The quantitative estimate of drug-likeness (QED) is 0.603. The average Bonchev–Trinajstić information content (AvgIpc) is 2.27. The number of halogens is 1. The van der Waals surface area contributed by atoms with E-state index in [0.29, 0.717) is 12.5 Å². The molecule has 0 fully saturated rings. The summed E-state index contributed by atoms with van der Waals surface area (Å²) in [4.78, 5) is 0.944. The van der Waals surface area contributed by atoms with E-state index in [1.807, 2.05) is 6.07 Å². The third-order valence-electron chi connectivity index (χ3n) is 2.10. The molecule has 1 nitrogen and oxygen atoms in total. The SMILES string of the molecule is C#CCC(CSc1cccc(F)c1)NCC. The largest absolute Gasteiger partial charge is 0.312 e. The van der Waals surface area contributed by atoms with E-state index in [9.17, 15) is 4.39 Å². The molecule has 0 saturated carbocycles. The molecule has 0 saturated heterocycles. The fourth-order valence-corrected chi connectivity index (χ4v) is 2.37. The second kappa shape index (κ2) is 7.32. The van der Waals surface area contributed by atoms with E-state index < -0.39 is 0 Å². The van der Waals surface area contributed by atoms with Crippen LogP contribution in [0, 0.1) is 18.2 Å². The van der Waals surface area contributed by atoms with E-state index in [4.69, 9.17) is 6.42 Å². The maximum Gasteiger partial charge on any atom is 0.124 e. The van der Waals surface area contributed by atoms with Gasteiger partial charge in [0.2, 0.25) is 0 Å². The zero-order valence-corrected chi connectivity index (χ0v) is 10.2. The van der Waals surface area contributed by atoms with Crippen LogP contribution in [-0.4, -0.2) is 18.3 Å². The molecule has 1 aromatic rings. The number of hydrogen-bond donors (Lipinski definition) is 1. The summed E-state index contributed by atoms with van der Waals surface area (Å²) in [5, 5.41) is 3.31. The first-order chi connectivity index (χ1) is 7.76. The third kappa shape index (κ3) is 4.69. The standard InChI is InChI=1S/C13H16FNS/c1-3-6-12(15-4-2)10-16-13-8-5-7-11(14)9-13/h1,5,7-9,12,15H,4,6,10H2,2H3. The van der Waals surface area contributed by atoms with Gasteiger partial charge in [0, 0.05) is 23.1 Å². The fourth-order valence-electron chi connectivity index (χ4n) is 1.37. The maximum atomic E-state index is 12.9. The normalized spacial score (nSPS) is 12.1. The van der Waals surface area contributed by atoms with Gasteiger partial charge in [-0.15, -0.1) is 24.1 Å². The molecule has 1 rings (SSSR count). The lowest BCUT2D eigenvalue weighted by Crippen LogP contribution is -2.30. The monoisotopic (exact) mass is 237 g/mol. The molecule has 0 aromatic heterocycles. The molecule has 0 aliphatic rings. The van der Waals surface area contributed by atoms with Crippen molar-refractivity contribution in [1.82, 2.24) is 5.32 Å². The minimum absolute atomic E-state index is 0.193. The van der Waals surface area contributed by atoms with Gasteiger partial charge in [-0.05, 0) is 24.7 Å². The van der Waals surface area contributed by atoms with Gasteiger partial charge in [-0.3, -0.25) is 0 Å². The van der Waals surface area contributed by atoms with Gasteiger partial charge in [0.25, 0.3) is 0 Å². The Kier molecular flexibility index (Phi) is 5.99. The molecule has 0 aliphatic heterocycles. The lowest BCUT2D eigenvalue weighted by molar-refractivity contribution is 0.588. The Morgan fingerprint density at radius 1 is 1.56 bits per heavy atom. The van der Waals surface area contributed by atoms with Gasteiger partial charge in [-0.2, -0.15) is 0 Å². The van der Waals surface area contributed by atoms with Crippen molar-refractivity contribution in [2.75, 3.05) is 12.3 Å². The van der Waals surface area contributed by atoms with Crippen molar-refractivity contribution in [2.24, 2.45) is 0 Å². The molecular formula is C13H16FNS. The van der Waals surface area contributed by atoms with Crippen LogP contribution in [0.15, 0.2) is 29.2 Å². The van der Waals surface area contributed by atoms with Gasteiger partial charge < -0.3 is 5.32 Å². The van der Waals surface area contributed by atoms with Gasteiger partial charge >= 0.3 is 0 Å². The van der Waals surface area contributed by atoms with Gasteiger partial charge in [-0.1, -0.05) is 13.0 Å². The Hall–Kier alpha value is -0.980. The Bertz CT molecular complexity index is 359. The van der Waals surface area contributed by atoms with Crippen LogP contribution in [0.5, 0.6) is 0 Å². The molecule has 1 unspecified atom stereocenters. The Labute approximate surface area is 101 Å². The number of thioether (sulfide) groups is 1. The lowest BCUT2D eigenvalue weighted by Gasteiger charge is -2.14.